The molecule has 1 aliphatic rings. The van der Waals surface area contributed by atoms with Gasteiger partial charge in [0.15, 0.2) is 17.0 Å². The highest BCUT2D eigenvalue weighted by Crippen LogP contribution is 2.29. The number of allylic oxidation sites excluding steroid dienone is 2. The molecule has 100 valence electrons. The van der Waals surface area contributed by atoms with E-state index in [4.69, 9.17) is 11.5 Å². The van der Waals surface area contributed by atoms with Crippen LogP contribution in [0.3, 0.4) is 0 Å². The molecule has 0 radical (unpaired) electrons. The highest BCUT2D eigenvalue weighted by molar-refractivity contribution is 5.81. The van der Waals surface area contributed by atoms with Gasteiger partial charge >= 0.3 is 0 Å². The maximum atomic E-state index is 9.26. The van der Waals surface area contributed by atoms with E-state index in [1.54, 1.807) is 4.68 Å². The highest BCUT2D eigenvalue weighted by atomic mass is 16.3. The molecule has 2 aromatic heterocycles. The predicted octanol–water partition coefficient (Wildman–Crippen LogP) is -0.115. The van der Waals surface area contributed by atoms with Gasteiger partial charge in [0, 0.05) is 6.61 Å². The Morgan fingerprint density at radius 3 is 3.00 bits per heavy atom. The minimum Gasteiger partial charge on any atom is -0.396 e. The molecular weight excluding hydrogens is 246 g/mol. The Morgan fingerprint density at radius 2 is 2.21 bits per heavy atom. The quantitative estimate of drug-likeness (QED) is 0.643. The van der Waals surface area contributed by atoms with Gasteiger partial charge in [0.25, 0.3) is 0 Å². The number of nitrogen functional groups attached to an aromatic ring is 2. The topological polar surface area (TPSA) is 129 Å². The molecular formula is C11H15N7O. The van der Waals surface area contributed by atoms with Gasteiger partial charge < -0.3 is 16.6 Å². The molecule has 2 atom stereocenters. The van der Waals surface area contributed by atoms with Gasteiger partial charge in [-0.1, -0.05) is 17.4 Å². The van der Waals surface area contributed by atoms with Crippen LogP contribution in [0.4, 0.5) is 11.8 Å². The molecule has 0 aliphatic heterocycles. The Bertz CT molecular complexity index is 635. The molecule has 1 aliphatic carbocycles. The number of anilines is 2. The highest BCUT2D eigenvalue weighted by Gasteiger charge is 2.22. The number of hydrogen-bond acceptors (Lipinski definition) is 7. The summed E-state index contributed by atoms with van der Waals surface area (Å²) in [5.41, 5.74) is 12.3. The molecule has 0 saturated heterocycles. The lowest BCUT2D eigenvalue weighted by atomic mass is 9.92. The van der Waals surface area contributed by atoms with Crippen molar-refractivity contribution in [2.45, 2.75) is 18.9 Å². The first-order valence-electron chi connectivity index (χ1n) is 6.10. The van der Waals surface area contributed by atoms with E-state index in [0.717, 1.165) is 12.8 Å². The van der Waals surface area contributed by atoms with Crippen molar-refractivity contribution in [1.29, 1.82) is 0 Å². The molecule has 2 unspecified atom stereocenters. The van der Waals surface area contributed by atoms with Crippen molar-refractivity contribution in [3.05, 3.63) is 12.2 Å². The Kier molecular flexibility index (Phi) is 2.79. The molecule has 8 nitrogen and oxygen atoms in total. The molecule has 0 saturated carbocycles. The van der Waals surface area contributed by atoms with E-state index >= 15 is 0 Å². The summed E-state index contributed by atoms with van der Waals surface area (Å²) in [4.78, 5) is 8.01. The summed E-state index contributed by atoms with van der Waals surface area (Å²) in [6, 6.07) is 0.00426. The van der Waals surface area contributed by atoms with Gasteiger partial charge in [0.05, 0.1) is 6.04 Å². The second-order valence-corrected chi connectivity index (χ2v) is 4.69. The van der Waals surface area contributed by atoms with Gasteiger partial charge in [0.2, 0.25) is 5.95 Å². The number of rotatable bonds is 2. The number of aliphatic hydroxyl groups is 1. The predicted molar refractivity (Wildman–Crippen MR) is 69.9 cm³/mol. The summed E-state index contributed by atoms with van der Waals surface area (Å²) in [5.74, 6) is 0.560. The lowest BCUT2D eigenvalue weighted by Crippen LogP contribution is -2.19. The van der Waals surface area contributed by atoms with E-state index in [9.17, 15) is 5.11 Å². The fraction of sp³-hybridized carbons (Fsp3) is 0.455. The van der Waals surface area contributed by atoms with Crippen molar-refractivity contribution < 1.29 is 5.11 Å². The Hall–Kier alpha value is -2.22. The molecule has 19 heavy (non-hydrogen) atoms. The lowest BCUT2D eigenvalue weighted by Gasteiger charge is -2.23. The average Bonchev–Trinajstić information content (AvgIpc) is 2.82. The molecule has 0 fully saturated rings. The standard InChI is InChI=1S/C11H15N7O/c12-9-8-10(15-11(13)14-9)18(17-16-8)7-3-1-2-6(4-7)5-19/h1,3,6-7,19H,2,4-5H2,(H4,12,13,14,15). The fourth-order valence-corrected chi connectivity index (χ4v) is 2.37. The first kappa shape index (κ1) is 11.8. The Morgan fingerprint density at radius 1 is 1.37 bits per heavy atom. The molecule has 0 amide bonds. The second-order valence-electron chi connectivity index (χ2n) is 4.69. The second kappa shape index (κ2) is 4.47. The summed E-state index contributed by atoms with van der Waals surface area (Å²) < 4.78 is 1.68. The number of aliphatic hydroxyl groups excluding tert-OH is 1. The van der Waals surface area contributed by atoms with E-state index in [0.29, 0.717) is 11.2 Å². The third-order valence-corrected chi connectivity index (χ3v) is 3.34. The molecule has 0 aromatic carbocycles. The van der Waals surface area contributed by atoms with Gasteiger partial charge in [-0.3, -0.25) is 0 Å². The van der Waals surface area contributed by atoms with Crippen LogP contribution in [0.1, 0.15) is 18.9 Å². The van der Waals surface area contributed by atoms with Crippen LogP contribution < -0.4 is 11.5 Å². The normalized spacial score (nSPS) is 23.0. The molecule has 5 N–H and O–H groups in total. The van der Waals surface area contributed by atoms with Crippen LogP contribution in [0.15, 0.2) is 12.2 Å². The Labute approximate surface area is 109 Å². The maximum absolute atomic E-state index is 9.26. The van der Waals surface area contributed by atoms with Crippen LogP contribution in [-0.2, 0) is 0 Å². The van der Waals surface area contributed by atoms with Gasteiger partial charge in [-0.15, -0.1) is 5.10 Å². The minimum atomic E-state index is 0.00426. The van der Waals surface area contributed by atoms with Crippen LogP contribution in [-0.4, -0.2) is 36.7 Å². The van der Waals surface area contributed by atoms with Crippen molar-refractivity contribution in [2.24, 2.45) is 5.92 Å². The van der Waals surface area contributed by atoms with E-state index in [1.165, 1.54) is 0 Å². The maximum Gasteiger partial charge on any atom is 0.224 e. The van der Waals surface area contributed by atoms with Crippen molar-refractivity contribution in [3.63, 3.8) is 0 Å². The molecule has 0 spiro atoms. The lowest BCUT2D eigenvalue weighted by molar-refractivity contribution is 0.202. The van der Waals surface area contributed by atoms with Crippen molar-refractivity contribution >= 4 is 22.9 Å². The van der Waals surface area contributed by atoms with Crippen molar-refractivity contribution in [2.75, 3.05) is 18.1 Å². The third-order valence-electron chi connectivity index (χ3n) is 3.34. The Balaban J connectivity index is 2.06. The zero-order valence-electron chi connectivity index (χ0n) is 10.3. The van der Waals surface area contributed by atoms with Crippen LogP contribution in [0.5, 0.6) is 0 Å². The molecule has 0 bridgehead atoms. The van der Waals surface area contributed by atoms with Gasteiger partial charge in [-0.25, -0.2) is 4.68 Å². The van der Waals surface area contributed by atoms with Crippen molar-refractivity contribution in [1.82, 2.24) is 25.0 Å². The van der Waals surface area contributed by atoms with Gasteiger partial charge in [-0.2, -0.15) is 9.97 Å². The SMILES string of the molecule is Nc1nc(N)c2nnn(C3C=CCC(CO)C3)c2n1. The van der Waals surface area contributed by atoms with Crippen molar-refractivity contribution in [3.8, 4) is 0 Å². The smallest absolute Gasteiger partial charge is 0.224 e. The summed E-state index contributed by atoms with van der Waals surface area (Å²) in [7, 11) is 0. The van der Waals surface area contributed by atoms with Crippen LogP contribution >= 0.6 is 0 Å². The zero-order chi connectivity index (χ0) is 13.4. The van der Waals surface area contributed by atoms with E-state index in [1.807, 2.05) is 12.2 Å². The van der Waals surface area contributed by atoms with Crippen LogP contribution in [0.25, 0.3) is 11.2 Å². The van der Waals surface area contributed by atoms with E-state index < -0.39 is 0 Å². The van der Waals surface area contributed by atoms with Gasteiger partial charge in [0.1, 0.15) is 0 Å². The summed E-state index contributed by atoms with van der Waals surface area (Å²) in [6.45, 7) is 0.159. The van der Waals surface area contributed by atoms with Crippen LogP contribution in [0, 0.1) is 5.92 Å². The first-order valence-corrected chi connectivity index (χ1v) is 6.10. The molecule has 2 aromatic rings. The zero-order valence-corrected chi connectivity index (χ0v) is 10.3. The van der Waals surface area contributed by atoms with E-state index in [-0.39, 0.29) is 30.3 Å². The average molecular weight is 261 g/mol. The molecule has 3 rings (SSSR count). The van der Waals surface area contributed by atoms with E-state index in [2.05, 4.69) is 20.3 Å². The van der Waals surface area contributed by atoms with Gasteiger partial charge in [-0.05, 0) is 18.8 Å². The minimum absolute atomic E-state index is 0.00426. The number of aromatic nitrogens is 5. The largest absolute Gasteiger partial charge is 0.396 e. The molecule has 2 heterocycles. The summed E-state index contributed by atoms with van der Waals surface area (Å²) in [5, 5.41) is 17.3. The number of nitrogens with two attached hydrogens (primary N) is 2. The number of hydrogen-bond donors (Lipinski definition) is 3. The monoisotopic (exact) mass is 261 g/mol. The molecule has 8 heteroatoms. The van der Waals surface area contributed by atoms with Crippen LogP contribution in [0.2, 0.25) is 0 Å². The number of nitrogens with zero attached hydrogens (tertiary/aromatic N) is 5. The third kappa shape index (κ3) is 1.99. The summed E-state index contributed by atoms with van der Waals surface area (Å²) in [6.07, 6.45) is 5.74. The fourth-order valence-electron chi connectivity index (χ4n) is 2.37. The first-order chi connectivity index (χ1) is 9.19. The summed E-state index contributed by atoms with van der Waals surface area (Å²) >= 11 is 0. The number of fused-ring (bicyclic) bond motifs is 1.